The van der Waals surface area contributed by atoms with E-state index in [4.69, 9.17) is 0 Å². The molecule has 1 aliphatic heterocycles. The Bertz CT molecular complexity index is 1110. The van der Waals surface area contributed by atoms with Crippen molar-refractivity contribution in [3.8, 4) is 0 Å². The molecular weight excluding hydrogens is 434 g/mol. The van der Waals surface area contributed by atoms with Gasteiger partial charge in [0.1, 0.15) is 0 Å². The molecular formula is C22H27N3O4S2. The molecule has 0 bridgehead atoms. The first-order valence-corrected chi connectivity index (χ1v) is 12.7. The topological polar surface area (TPSA) is 96.4 Å². The van der Waals surface area contributed by atoms with Crippen LogP contribution < -0.4 is 5.32 Å². The van der Waals surface area contributed by atoms with Crippen molar-refractivity contribution < 1.29 is 18.0 Å². The van der Waals surface area contributed by atoms with Gasteiger partial charge in [-0.2, -0.15) is 4.31 Å². The van der Waals surface area contributed by atoms with Crippen LogP contribution in [-0.4, -0.2) is 42.5 Å². The number of thiazole rings is 1. The monoisotopic (exact) mass is 461 g/mol. The van der Waals surface area contributed by atoms with E-state index in [0.717, 1.165) is 17.7 Å². The van der Waals surface area contributed by atoms with E-state index in [2.05, 4.69) is 10.3 Å². The Morgan fingerprint density at radius 1 is 1.16 bits per heavy atom. The fraction of sp³-hybridized carbons (Fsp3) is 0.500. The van der Waals surface area contributed by atoms with Crippen LogP contribution in [0.25, 0.3) is 0 Å². The van der Waals surface area contributed by atoms with Crippen molar-refractivity contribution in [2.75, 3.05) is 18.4 Å². The van der Waals surface area contributed by atoms with Gasteiger partial charge in [0.05, 0.1) is 15.5 Å². The minimum atomic E-state index is -3.55. The van der Waals surface area contributed by atoms with E-state index in [9.17, 15) is 18.0 Å². The highest BCUT2D eigenvalue weighted by Crippen LogP contribution is 2.38. The summed E-state index contributed by atoms with van der Waals surface area (Å²) in [6, 6.07) is 6.81. The van der Waals surface area contributed by atoms with Crippen LogP contribution in [0.2, 0.25) is 0 Å². The van der Waals surface area contributed by atoms with E-state index in [-0.39, 0.29) is 27.9 Å². The molecule has 1 aliphatic carbocycles. The molecule has 31 heavy (non-hydrogen) atoms. The van der Waals surface area contributed by atoms with Gasteiger partial charge >= 0.3 is 0 Å². The number of benzene rings is 1. The summed E-state index contributed by atoms with van der Waals surface area (Å²) >= 11 is 1.24. The number of amides is 1. The number of nitrogens with zero attached hydrogens (tertiary/aromatic N) is 2. The van der Waals surface area contributed by atoms with Crippen LogP contribution in [0.5, 0.6) is 0 Å². The summed E-state index contributed by atoms with van der Waals surface area (Å²) in [5.74, 6) is -0.360. The Kier molecular flexibility index (Phi) is 5.78. The summed E-state index contributed by atoms with van der Waals surface area (Å²) in [4.78, 5) is 30.5. The predicted octanol–water partition coefficient (Wildman–Crippen LogP) is 3.65. The summed E-state index contributed by atoms with van der Waals surface area (Å²) in [7, 11) is -3.55. The molecule has 7 nitrogen and oxygen atoms in total. The zero-order valence-corrected chi connectivity index (χ0v) is 19.6. The molecule has 2 aromatic rings. The van der Waals surface area contributed by atoms with Gasteiger partial charge in [-0.15, -0.1) is 0 Å². The normalized spacial score (nSPS) is 19.8. The lowest BCUT2D eigenvalue weighted by atomic mass is 9.78. The standard InChI is InChI=1S/C22H27N3O4S2/c1-14-4-6-16(7-5-14)31(28,29)25-10-8-15(9-11-25)20(27)24-21-23-17-12-22(2,3)13-18(26)19(17)30-21/h4-7,15H,8-13H2,1-3H3,(H,23,24,27). The van der Waals surface area contributed by atoms with Crippen molar-refractivity contribution in [2.24, 2.45) is 11.3 Å². The zero-order chi connectivity index (χ0) is 22.4. The van der Waals surface area contributed by atoms with Gasteiger partial charge in [0.2, 0.25) is 15.9 Å². The number of aromatic nitrogens is 1. The smallest absolute Gasteiger partial charge is 0.243 e. The van der Waals surface area contributed by atoms with Crippen LogP contribution >= 0.6 is 11.3 Å². The second kappa shape index (κ2) is 8.11. The van der Waals surface area contributed by atoms with E-state index in [1.165, 1.54) is 15.6 Å². The molecule has 1 N–H and O–H groups in total. The Morgan fingerprint density at radius 2 is 1.81 bits per heavy atom. The minimum Gasteiger partial charge on any atom is -0.302 e. The Labute approximate surface area is 186 Å². The number of aryl methyl sites for hydroxylation is 1. The molecule has 1 aromatic carbocycles. The molecule has 0 radical (unpaired) electrons. The first kappa shape index (κ1) is 22.1. The van der Waals surface area contributed by atoms with Crippen LogP contribution in [-0.2, 0) is 21.2 Å². The lowest BCUT2D eigenvalue weighted by Gasteiger charge is -2.30. The largest absolute Gasteiger partial charge is 0.302 e. The van der Waals surface area contributed by atoms with Crippen LogP contribution in [0.4, 0.5) is 5.13 Å². The number of fused-ring (bicyclic) bond motifs is 1. The van der Waals surface area contributed by atoms with Gasteiger partial charge in [-0.25, -0.2) is 13.4 Å². The van der Waals surface area contributed by atoms with E-state index in [1.54, 1.807) is 24.3 Å². The zero-order valence-electron chi connectivity index (χ0n) is 18.0. The molecule has 1 fully saturated rings. The van der Waals surface area contributed by atoms with Gasteiger partial charge in [0, 0.05) is 25.4 Å². The lowest BCUT2D eigenvalue weighted by molar-refractivity contribution is -0.120. The molecule has 4 rings (SSSR count). The summed E-state index contributed by atoms with van der Waals surface area (Å²) in [5.41, 5.74) is 1.65. The molecule has 0 spiro atoms. The van der Waals surface area contributed by atoms with Crippen molar-refractivity contribution in [1.29, 1.82) is 0 Å². The lowest BCUT2D eigenvalue weighted by Crippen LogP contribution is -2.41. The van der Waals surface area contributed by atoms with Gasteiger partial charge < -0.3 is 5.32 Å². The molecule has 9 heteroatoms. The fourth-order valence-corrected chi connectivity index (χ4v) is 6.59. The van der Waals surface area contributed by atoms with Gasteiger partial charge in [-0.1, -0.05) is 42.9 Å². The molecule has 2 heterocycles. The fourth-order valence-electron chi connectivity index (χ4n) is 4.20. The number of ketones is 1. The van der Waals surface area contributed by atoms with Crippen molar-refractivity contribution in [3.05, 3.63) is 40.4 Å². The highest BCUT2D eigenvalue weighted by molar-refractivity contribution is 7.89. The van der Waals surface area contributed by atoms with E-state index in [0.29, 0.717) is 42.4 Å². The van der Waals surface area contributed by atoms with E-state index < -0.39 is 10.0 Å². The maximum Gasteiger partial charge on any atom is 0.243 e. The van der Waals surface area contributed by atoms with Crippen molar-refractivity contribution in [2.45, 2.75) is 51.3 Å². The number of carbonyl (C=O) groups excluding carboxylic acids is 2. The van der Waals surface area contributed by atoms with Crippen LogP contribution in [0, 0.1) is 18.3 Å². The molecule has 0 unspecified atom stereocenters. The molecule has 166 valence electrons. The van der Waals surface area contributed by atoms with Crippen LogP contribution in [0.1, 0.15) is 54.0 Å². The van der Waals surface area contributed by atoms with Crippen LogP contribution in [0.15, 0.2) is 29.2 Å². The van der Waals surface area contributed by atoms with Crippen LogP contribution in [0.3, 0.4) is 0 Å². The third kappa shape index (κ3) is 4.58. The Balaban J connectivity index is 1.38. The molecule has 1 saturated heterocycles. The first-order valence-electron chi connectivity index (χ1n) is 10.5. The minimum absolute atomic E-state index is 0.0823. The number of rotatable bonds is 4. The predicted molar refractivity (Wildman–Crippen MR) is 120 cm³/mol. The molecule has 1 aromatic heterocycles. The van der Waals surface area contributed by atoms with E-state index >= 15 is 0 Å². The van der Waals surface area contributed by atoms with Crippen molar-refractivity contribution in [1.82, 2.24) is 9.29 Å². The number of Topliss-reactive ketones (excluding diaryl/α,β-unsaturated/α-hetero) is 1. The molecule has 1 amide bonds. The quantitative estimate of drug-likeness (QED) is 0.750. The third-order valence-corrected chi connectivity index (χ3v) is 8.92. The average molecular weight is 462 g/mol. The summed E-state index contributed by atoms with van der Waals surface area (Å²) in [6.07, 6.45) is 2.11. The second-order valence-corrected chi connectivity index (χ2v) is 12.2. The SMILES string of the molecule is Cc1ccc(S(=O)(=O)N2CCC(C(=O)Nc3nc4c(s3)C(=O)CC(C)(C)C4)CC2)cc1. The van der Waals surface area contributed by atoms with Crippen molar-refractivity contribution in [3.63, 3.8) is 0 Å². The van der Waals surface area contributed by atoms with Gasteiger partial charge in [-0.3, -0.25) is 9.59 Å². The highest BCUT2D eigenvalue weighted by atomic mass is 32.2. The maximum atomic E-state index is 12.8. The number of carbonyl (C=O) groups is 2. The number of anilines is 1. The van der Waals surface area contributed by atoms with Gasteiger partial charge in [0.25, 0.3) is 0 Å². The first-order chi connectivity index (χ1) is 14.5. The third-order valence-electron chi connectivity index (χ3n) is 5.95. The van der Waals surface area contributed by atoms with Gasteiger partial charge in [0.15, 0.2) is 10.9 Å². The number of piperidine rings is 1. The van der Waals surface area contributed by atoms with E-state index in [1.807, 2.05) is 20.8 Å². The number of sulfonamides is 1. The Morgan fingerprint density at radius 3 is 2.45 bits per heavy atom. The molecule has 0 atom stereocenters. The maximum absolute atomic E-state index is 12.8. The Hall–Kier alpha value is -2.10. The second-order valence-electron chi connectivity index (χ2n) is 9.22. The average Bonchev–Trinajstić information content (AvgIpc) is 3.09. The summed E-state index contributed by atoms with van der Waals surface area (Å²) in [5, 5.41) is 3.31. The number of hydrogen-bond donors (Lipinski definition) is 1. The van der Waals surface area contributed by atoms with Gasteiger partial charge in [-0.05, 0) is 43.7 Å². The summed E-state index contributed by atoms with van der Waals surface area (Å²) in [6.45, 7) is 6.61. The summed E-state index contributed by atoms with van der Waals surface area (Å²) < 4.78 is 27.1. The molecule has 2 aliphatic rings. The van der Waals surface area contributed by atoms with Crippen molar-refractivity contribution >= 4 is 38.2 Å². The molecule has 0 saturated carbocycles. The number of nitrogens with one attached hydrogen (secondary N) is 1. The highest BCUT2D eigenvalue weighted by Gasteiger charge is 2.35. The number of hydrogen-bond acceptors (Lipinski definition) is 6.